The Labute approximate surface area is 80.9 Å². The van der Waals surface area contributed by atoms with Crippen molar-refractivity contribution in [2.75, 3.05) is 39.8 Å². The Balaban J connectivity index is 1.72. The fourth-order valence-electron chi connectivity index (χ4n) is 2.51. The Morgan fingerprint density at radius 2 is 2.15 bits per heavy atom. The van der Waals surface area contributed by atoms with Crippen LogP contribution in [0.25, 0.3) is 0 Å². The fourth-order valence-corrected chi connectivity index (χ4v) is 2.51. The molecule has 0 saturated carbocycles. The summed E-state index contributed by atoms with van der Waals surface area (Å²) >= 11 is 0. The minimum Gasteiger partial charge on any atom is -0.329 e. The van der Waals surface area contributed by atoms with Crippen molar-refractivity contribution in [1.29, 1.82) is 0 Å². The summed E-state index contributed by atoms with van der Waals surface area (Å²) in [5.74, 6) is 0.902. The molecule has 2 N–H and O–H groups in total. The highest BCUT2D eigenvalue weighted by Gasteiger charge is 2.30. The van der Waals surface area contributed by atoms with Crippen LogP contribution in [0, 0.1) is 5.92 Å². The van der Waals surface area contributed by atoms with Crippen LogP contribution in [-0.2, 0) is 0 Å². The van der Waals surface area contributed by atoms with E-state index in [1.54, 1.807) is 0 Å². The van der Waals surface area contributed by atoms with E-state index in [0.29, 0.717) is 6.04 Å². The summed E-state index contributed by atoms with van der Waals surface area (Å²) in [4.78, 5) is 4.99. The number of likely N-dealkylation sites (tertiary alicyclic amines) is 2. The van der Waals surface area contributed by atoms with Crippen molar-refractivity contribution in [1.82, 2.24) is 9.80 Å². The van der Waals surface area contributed by atoms with Crippen LogP contribution in [0.1, 0.15) is 12.8 Å². The van der Waals surface area contributed by atoms with E-state index in [0.717, 1.165) is 12.5 Å². The first kappa shape index (κ1) is 9.44. The molecule has 13 heavy (non-hydrogen) atoms. The molecule has 0 aromatic carbocycles. The summed E-state index contributed by atoms with van der Waals surface area (Å²) in [5.41, 5.74) is 5.67. The highest BCUT2D eigenvalue weighted by Crippen LogP contribution is 2.22. The normalized spacial score (nSPS) is 36.5. The highest BCUT2D eigenvalue weighted by molar-refractivity contribution is 4.86. The van der Waals surface area contributed by atoms with Crippen LogP contribution in [0.2, 0.25) is 0 Å². The summed E-state index contributed by atoms with van der Waals surface area (Å²) in [6.07, 6.45) is 2.70. The Bertz CT molecular complexity index is 170. The zero-order valence-corrected chi connectivity index (χ0v) is 8.58. The number of hydrogen-bond donors (Lipinski definition) is 1. The van der Waals surface area contributed by atoms with Crippen molar-refractivity contribution < 1.29 is 0 Å². The first-order valence-corrected chi connectivity index (χ1v) is 5.42. The number of nitrogens with two attached hydrogens (primary N) is 1. The Morgan fingerprint density at radius 1 is 1.31 bits per heavy atom. The maximum atomic E-state index is 5.67. The quantitative estimate of drug-likeness (QED) is 0.667. The van der Waals surface area contributed by atoms with E-state index in [-0.39, 0.29) is 0 Å². The zero-order valence-electron chi connectivity index (χ0n) is 8.58. The van der Waals surface area contributed by atoms with Gasteiger partial charge < -0.3 is 10.6 Å². The van der Waals surface area contributed by atoms with E-state index in [4.69, 9.17) is 5.73 Å². The van der Waals surface area contributed by atoms with E-state index in [1.165, 1.54) is 39.0 Å². The molecule has 2 aliphatic heterocycles. The molecular formula is C10H21N3. The molecule has 3 heteroatoms. The second kappa shape index (κ2) is 3.95. The fraction of sp³-hybridized carbons (Fsp3) is 1.00. The van der Waals surface area contributed by atoms with Crippen LogP contribution in [0.3, 0.4) is 0 Å². The lowest BCUT2D eigenvalue weighted by Crippen LogP contribution is -2.53. The van der Waals surface area contributed by atoms with Crippen molar-refractivity contribution in [3.05, 3.63) is 0 Å². The third-order valence-electron chi connectivity index (χ3n) is 3.52. The summed E-state index contributed by atoms with van der Waals surface area (Å²) in [5, 5.41) is 0. The third-order valence-corrected chi connectivity index (χ3v) is 3.52. The maximum absolute atomic E-state index is 5.67. The molecule has 0 aromatic heterocycles. The molecule has 0 bridgehead atoms. The predicted octanol–water partition coefficient (Wildman–Crippen LogP) is -0.0289. The predicted molar refractivity (Wildman–Crippen MR) is 54.6 cm³/mol. The van der Waals surface area contributed by atoms with Crippen molar-refractivity contribution >= 4 is 0 Å². The molecule has 0 amide bonds. The van der Waals surface area contributed by atoms with Crippen LogP contribution >= 0.6 is 0 Å². The molecule has 3 nitrogen and oxygen atoms in total. The molecule has 2 saturated heterocycles. The lowest BCUT2D eigenvalue weighted by molar-refractivity contribution is 0.0783. The van der Waals surface area contributed by atoms with Gasteiger partial charge in [0.25, 0.3) is 0 Å². The molecule has 0 aliphatic carbocycles. The zero-order chi connectivity index (χ0) is 9.26. The Kier molecular flexibility index (Phi) is 2.86. The largest absolute Gasteiger partial charge is 0.329 e. The number of hydrogen-bond acceptors (Lipinski definition) is 3. The Morgan fingerprint density at radius 3 is 2.62 bits per heavy atom. The van der Waals surface area contributed by atoms with Gasteiger partial charge in [-0.3, -0.25) is 4.90 Å². The third kappa shape index (κ3) is 2.03. The second-order valence-corrected chi connectivity index (χ2v) is 4.59. The van der Waals surface area contributed by atoms with Crippen LogP contribution in [0.5, 0.6) is 0 Å². The van der Waals surface area contributed by atoms with Crippen LogP contribution in [0.15, 0.2) is 0 Å². The monoisotopic (exact) mass is 183 g/mol. The minimum absolute atomic E-state index is 0.700. The highest BCUT2D eigenvalue weighted by atomic mass is 15.2. The number of rotatable bonds is 3. The summed E-state index contributed by atoms with van der Waals surface area (Å²) in [6.45, 7) is 5.98. The second-order valence-electron chi connectivity index (χ2n) is 4.59. The Hall–Kier alpha value is -0.120. The minimum atomic E-state index is 0.700. The van der Waals surface area contributed by atoms with Crippen molar-refractivity contribution in [2.45, 2.75) is 18.9 Å². The topological polar surface area (TPSA) is 32.5 Å². The first-order valence-electron chi connectivity index (χ1n) is 5.42. The van der Waals surface area contributed by atoms with Gasteiger partial charge in [-0.1, -0.05) is 0 Å². The molecule has 0 radical (unpaired) electrons. The standard InChI is InChI=1S/C10H21N3/c1-12-4-2-9(7-12)8-13-5-3-10(13)6-11/h9-10H,2-8,11H2,1H3. The van der Waals surface area contributed by atoms with Gasteiger partial charge in [0, 0.05) is 32.2 Å². The van der Waals surface area contributed by atoms with E-state index in [2.05, 4.69) is 16.8 Å². The van der Waals surface area contributed by atoms with Crippen LogP contribution in [-0.4, -0.2) is 55.6 Å². The van der Waals surface area contributed by atoms with Gasteiger partial charge in [-0.2, -0.15) is 0 Å². The van der Waals surface area contributed by atoms with Gasteiger partial charge in [-0.25, -0.2) is 0 Å². The molecule has 0 spiro atoms. The molecule has 2 aliphatic rings. The first-order chi connectivity index (χ1) is 6.29. The molecule has 2 fully saturated rings. The molecule has 2 heterocycles. The molecule has 0 aromatic rings. The average molecular weight is 183 g/mol. The van der Waals surface area contributed by atoms with Gasteiger partial charge in [0.05, 0.1) is 0 Å². The lowest BCUT2D eigenvalue weighted by atomic mass is 9.99. The number of nitrogens with zero attached hydrogens (tertiary/aromatic N) is 2. The summed E-state index contributed by atoms with van der Waals surface area (Å²) in [6, 6.07) is 0.700. The van der Waals surface area contributed by atoms with E-state index in [1.807, 2.05) is 0 Å². The average Bonchev–Trinajstić information content (AvgIpc) is 2.46. The lowest BCUT2D eigenvalue weighted by Gasteiger charge is -2.41. The molecule has 2 unspecified atom stereocenters. The SMILES string of the molecule is CN1CCC(CN2CCC2CN)C1. The van der Waals surface area contributed by atoms with Crippen molar-refractivity contribution in [3.8, 4) is 0 Å². The van der Waals surface area contributed by atoms with Gasteiger partial charge in [0.2, 0.25) is 0 Å². The summed E-state index contributed by atoms with van der Waals surface area (Å²) < 4.78 is 0. The molecule has 2 rings (SSSR count). The van der Waals surface area contributed by atoms with E-state index < -0.39 is 0 Å². The van der Waals surface area contributed by atoms with Crippen molar-refractivity contribution in [2.24, 2.45) is 11.7 Å². The van der Waals surface area contributed by atoms with Crippen LogP contribution < -0.4 is 5.73 Å². The molecule has 76 valence electrons. The van der Waals surface area contributed by atoms with Gasteiger partial charge >= 0.3 is 0 Å². The van der Waals surface area contributed by atoms with Gasteiger partial charge in [-0.05, 0) is 32.4 Å². The van der Waals surface area contributed by atoms with E-state index in [9.17, 15) is 0 Å². The summed E-state index contributed by atoms with van der Waals surface area (Å²) in [7, 11) is 2.22. The van der Waals surface area contributed by atoms with E-state index >= 15 is 0 Å². The van der Waals surface area contributed by atoms with Gasteiger partial charge in [0.1, 0.15) is 0 Å². The van der Waals surface area contributed by atoms with Crippen molar-refractivity contribution in [3.63, 3.8) is 0 Å². The smallest absolute Gasteiger partial charge is 0.0230 e. The maximum Gasteiger partial charge on any atom is 0.0230 e. The molecule has 2 atom stereocenters. The van der Waals surface area contributed by atoms with Gasteiger partial charge in [0.15, 0.2) is 0 Å². The molecular weight excluding hydrogens is 162 g/mol. The van der Waals surface area contributed by atoms with Gasteiger partial charge in [-0.15, -0.1) is 0 Å². The van der Waals surface area contributed by atoms with Crippen LogP contribution in [0.4, 0.5) is 0 Å².